The number of ketones is 1. The third-order valence-electron chi connectivity index (χ3n) is 3.26. The second-order valence-electron chi connectivity index (χ2n) is 4.96. The molecule has 0 aliphatic rings. The molecule has 0 bridgehead atoms. The zero-order chi connectivity index (χ0) is 17.2. The molecule has 0 radical (unpaired) electrons. The molecule has 3 rings (SSSR count). The van der Waals surface area contributed by atoms with Crippen LogP contribution < -0.4 is 0 Å². The van der Waals surface area contributed by atoms with Gasteiger partial charge >= 0.3 is 6.18 Å². The fraction of sp³-hybridized carbons (Fsp3) is 0.0556. The molecule has 0 amide bonds. The van der Waals surface area contributed by atoms with Crippen LogP contribution in [0.1, 0.15) is 21.0 Å². The summed E-state index contributed by atoms with van der Waals surface area (Å²) in [6.45, 7) is 0. The average molecular weight is 348 g/mol. The van der Waals surface area contributed by atoms with Gasteiger partial charge < -0.3 is 4.42 Å². The Morgan fingerprint density at radius 1 is 1.08 bits per heavy atom. The lowest BCUT2D eigenvalue weighted by Crippen LogP contribution is -2.04. The molecule has 0 atom stereocenters. The molecule has 0 spiro atoms. The van der Waals surface area contributed by atoms with Crippen molar-refractivity contribution in [3.63, 3.8) is 0 Å². The highest BCUT2D eigenvalue weighted by atomic mass is 32.1. The molecule has 2 heterocycles. The predicted octanol–water partition coefficient (Wildman–Crippen LogP) is 5.92. The average Bonchev–Trinajstić information content (AvgIpc) is 3.23. The molecule has 0 N–H and O–H groups in total. The molecule has 24 heavy (non-hydrogen) atoms. The first-order valence-corrected chi connectivity index (χ1v) is 7.85. The summed E-state index contributed by atoms with van der Waals surface area (Å²) in [6, 6.07) is 11.6. The Labute approximate surface area is 139 Å². The first kappa shape index (κ1) is 16.3. The van der Waals surface area contributed by atoms with Crippen LogP contribution in [0.15, 0.2) is 64.4 Å². The Morgan fingerprint density at radius 2 is 1.92 bits per heavy atom. The van der Waals surface area contributed by atoms with E-state index in [0.717, 1.165) is 12.1 Å². The van der Waals surface area contributed by atoms with Crippen molar-refractivity contribution >= 4 is 23.2 Å². The Morgan fingerprint density at radius 3 is 2.62 bits per heavy atom. The molecule has 6 heteroatoms. The van der Waals surface area contributed by atoms with Gasteiger partial charge in [0.05, 0.1) is 10.4 Å². The van der Waals surface area contributed by atoms with E-state index < -0.39 is 11.7 Å². The van der Waals surface area contributed by atoms with Crippen molar-refractivity contribution in [3.8, 4) is 11.3 Å². The summed E-state index contributed by atoms with van der Waals surface area (Å²) >= 11 is 1.33. The minimum Gasteiger partial charge on any atom is -0.457 e. The van der Waals surface area contributed by atoms with Crippen LogP contribution in [0.5, 0.6) is 0 Å². The highest BCUT2D eigenvalue weighted by Crippen LogP contribution is 2.32. The first-order valence-electron chi connectivity index (χ1n) is 6.97. The van der Waals surface area contributed by atoms with Gasteiger partial charge in [-0.25, -0.2) is 0 Å². The minimum absolute atomic E-state index is 0.151. The van der Waals surface area contributed by atoms with Gasteiger partial charge in [0.2, 0.25) is 0 Å². The maximum absolute atomic E-state index is 12.8. The quantitative estimate of drug-likeness (QED) is 0.432. The standard InChI is InChI=1S/C18H11F3O2S/c19-18(20,21)13-4-1-3-12(11-13)16-9-7-14(23-16)6-8-15(22)17-5-2-10-24-17/h1-11H. The van der Waals surface area contributed by atoms with E-state index in [1.807, 2.05) is 0 Å². The van der Waals surface area contributed by atoms with E-state index in [9.17, 15) is 18.0 Å². The molecular weight excluding hydrogens is 337 g/mol. The van der Waals surface area contributed by atoms with Crippen LogP contribution >= 0.6 is 11.3 Å². The molecule has 122 valence electrons. The number of allylic oxidation sites excluding steroid dienone is 1. The minimum atomic E-state index is -4.40. The summed E-state index contributed by atoms with van der Waals surface area (Å²) in [4.78, 5) is 12.5. The molecule has 0 saturated carbocycles. The van der Waals surface area contributed by atoms with Crippen LogP contribution in [-0.2, 0) is 6.18 Å². The highest BCUT2D eigenvalue weighted by molar-refractivity contribution is 7.12. The Hall–Kier alpha value is -2.60. The fourth-order valence-corrected chi connectivity index (χ4v) is 2.75. The van der Waals surface area contributed by atoms with Gasteiger partial charge in [-0.3, -0.25) is 4.79 Å². The molecule has 3 aromatic rings. The molecule has 0 aliphatic heterocycles. The number of hydrogen-bond acceptors (Lipinski definition) is 3. The van der Waals surface area contributed by atoms with Crippen LogP contribution in [0, 0.1) is 0 Å². The Bertz CT molecular complexity index is 874. The number of alkyl halides is 3. The fourth-order valence-electron chi connectivity index (χ4n) is 2.11. The van der Waals surface area contributed by atoms with Gasteiger partial charge in [-0.15, -0.1) is 11.3 Å². The summed E-state index contributed by atoms with van der Waals surface area (Å²) in [5, 5.41) is 1.81. The maximum atomic E-state index is 12.8. The normalized spacial score (nSPS) is 12.0. The van der Waals surface area contributed by atoms with Crippen LogP contribution in [0.4, 0.5) is 13.2 Å². The third-order valence-corrected chi connectivity index (χ3v) is 4.15. The second-order valence-corrected chi connectivity index (χ2v) is 5.90. The van der Waals surface area contributed by atoms with Crippen LogP contribution in [-0.4, -0.2) is 5.78 Å². The highest BCUT2D eigenvalue weighted by Gasteiger charge is 2.30. The van der Waals surface area contributed by atoms with Gasteiger partial charge in [-0.2, -0.15) is 13.2 Å². The molecule has 1 aromatic carbocycles. The molecule has 0 aliphatic carbocycles. The third kappa shape index (κ3) is 3.65. The molecular formula is C18H11F3O2S. The lowest BCUT2D eigenvalue weighted by Gasteiger charge is -2.07. The largest absolute Gasteiger partial charge is 0.457 e. The number of benzene rings is 1. The summed E-state index contributed by atoms with van der Waals surface area (Å²) in [5.74, 6) is 0.554. The summed E-state index contributed by atoms with van der Waals surface area (Å²) in [7, 11) is 0. The SMILES string of the molecule is O=C(C=Cc1ccc(-c2cccc(C(F)(F)F)c2)o1)c1cccs1. The van der Waals surface area contributed by atoms with Gasteiger partial charge in [0.25, 0.3) is 0 Å². The maximum Gasteiger partial charge on any atom is 0.416 e. The first-order chi connectivity index (χ1) is 11.4. The number of rotatable bonds is 4. The molecule has 0 unspecified atom stereocenters. The van der Waals surface area contributed by atoms with Crippen molar-refractivity contribution in [2.45, 2.75) is 6.18 Å². The van der Waals surface area contributed by atoms with E-state index in [2.05, 4.69) is 0 Å². The monoisotopic (exact) mass is 348 g/mol. The van der Waals surface area contributed by atoms with Crippen molar-refractivity contribution in [2.24, 2.45) is 0 Å². The number of thiophene rings is 1. The van der Waals surface area contributed by atoms with Gasteiger partial charge in [0.1, 0.15) is 11.5 Å². The van der Waals surface area contributed by atoms with E-state index in [-0.39, 0.29) is 5.78 Å². The van der Waals surface area contributed by atoms with Crippen LogP contribution in [0.3, 0.4) is 0 Å². The Kier molecular flexibility index (Phi) is 4.40. The zero-order valence-corrected chi connectivity index (χ0v) is 13.0. The van der Waals surface area contributed by atoms with E-state index in [1.165, 1.54) is 29.6 Å². The molecule has 0 saturated heterocycles. The lowest BCUT2D eigenvalue weighted by molar-refractivity contribution is -0.137. The lowest BCUT2D eigenvalue weighted by atomic mass is 10.1. The summed E-state index contributed by atoms with van der Waals surface area (Å²) in [5.41, 5.74) is -0.407. The second kappa shape index (κ2) is 6.49. The number of hydrogen-bond donors (Lipinski definition) is 0. The van der Waals surface area contributed by atoms with Crippen LogP contribution in [0.25, 0.3) is 17.4 Å². The van der Waals surface area contributed by atoms with Crippen molar-refractivity contribution < 1.29 is 22.4 Å². The smallest absolute Gasteiger partial charge is 0.416 e. The van der Waals surface area contributed by atoms with E-state index in [0.29, 0.717) is 22.0 Å². The van der Waals surface area contributed by atoms with E-state index in [4.69, 9.17) is 4.42 Å². The topological polar surface area (TPSA) is 30.2 Å². The van der Waals surface area contributed by atoms with Crippen molar-refractivity contribution in [1.29, 1.82) is 0 Å². The number of halogens is 3. The molecule has 2 nitrogen and oxygen atoms in total. The van der Waals surface area contributed by atoms with Crippen molar-refractivity contribution in [1.82, 2.24) is 0 Å². The van der Waals surface area contributed by atoms with Gasteiger partial charge in [0.15, 0.2) is 5.78 Å². The number of carbonyl (C=O) groups is 1. The van der Waals surface area contributed by atoms with E-state index in [1.54, 1.807) is 35.7 Å². The van der Waals surface area contributed by atoms with Gasteiger partial charge in [-0.05, 0) is 47.9 Å². The van der Waals surface area contributed by atoms with Gasteiger partial charge in [0, 0.05) is 5.56 Å². The summed E-state index contributed by atoms with van der Waals surface area (Å²) in [6.07, 6.45) is -1.53. The predicted molar refractivity (Wildman–Crippen MR) is 86.8 cm³/mol. The zero-order valence-electron chi connectivity index (χ0n) is 12.2. The number of furan rings is 1. The van der Waals surface area contributed by atoms with E-state index >= 15 is 0 Å². The molecule has 2 aromatic heterocycles. The van der Waals surface area contributed by atoms with Crippen molar-refractivity contribution in [3.05, 3.63) is 76.2 Å². The number of carbonyl (C=O) groups excluding carboxylic acids is 1. The molecule has 0 fully saturated rings. The van der Waals surface area contributed by atoms with Gasteiger partial charge in [-0.1, -0.05) is 18.2 Å². The van der Waals surface area contributed by atoms with Crippen molar-refractivity contribution in [2.75, 3.05) is 0 Å². The Balaban J connectivity index is 1.80. The summed E-state index contributed by atoms with van der Waals surface area (Å²) < 4.78 is 43.8. The van der Waals surface area contributed by atoms with Crippen LogP contribution in [0.2, 0.25) is 0 Å².